The highest BCUT2D eigenvalue weighted by Gasteiger charge is 2.41. The molecule has 5 aliphatic rings. The van der Waals surface area contributed by atoms with Gasteiger partial charge in [0.25, 0.3) is 0 Å². The monoisotopic (exact) mass is 1230 g/mol. The molecule has 3 saturated heterocycles. The Morgan fingerprint density at radius 3 is 1.38 bits per heavy atom. The molecular weight excluding hydrogens is 1140 g/mol. The molecule has 436 valence electrons. The van der Waals surface area contributed by atoms with E-state index in [1.165, 1.54) is 57.4 Å². The number of likely N-dealkylation sites (tertiary alicyclic amines) is 2. The number of thiazole rings is 3. The van der Waals surface area contributed by atoms with Crippen LogP contribution in [0.4, 0.5) is 34.6 Å². The smallest absolute Gasteiger partial charge is 0.416 e. The number of rotatable bonds is 8. The van der Waals surface area contributed by atoms with Gasteiger partial charge in [-0.2, -0.15) is 0 Å². The van der Waals surface area contributed by atoms with Gasteiger partial charge < -0.3 is 29.6 Å². The predicted molar refractivity (Wildman–Crippen MR) is 321 cm³/mol. The minimum atomic E-state index is -0.582. The number of nitrogens with zero attached hydrogens (tertiary/aromatic N) is 7. The Balaban J connectivity index is 0.000000574. The molecule has 0 radical (unpaired) electrons. The summed E-state index contributed by atoms with van der Waals surface area (Å²) in [6.45, 7) is 24.6. The van der Waals surface area contributed by atoms with Gasteiger partial charge in [0.2, 0.25) is 0 Å². The van der Waals surface area contributed by atoms with E-state index >= 15 is 0 Å². The molecule has 4 amide bonds. The molecule has 0 aromatic carbocycles. The van der Waals surface area contributed by atoms with Crippen molar-refractivity contribution in [2.45, 2.75) is 222 Å². The number of ether oxygens (including phenoxy) is 4. The summed E-state index contributed by atoms with van der Waals surface area (Å²) in [5.41, 5.74) is 0.773. The average Bonchev–Trinajstić information content (AvgIpc) is 3.76. The molecule has 2 aliphatic carbocycles. The third-order valence-electron chi connectivity index (χ3n) is 11.8. The van der Waals surface area contributed by atoms with E-state index in [-0.39, 0.29) is 71.4 Å². The summed E-state index contributed by atoms with van der Waals surface area (Å²) in [7, 11) is 5.28. The van der Waals surface area contributed by atoms with E-state index in [4.69, 9.17) is 28.9 Å². The van der Waals surface area contributed by atoms with E-state index in [0.717, 1.165) is 71.3 Å². The molecule has 0 bridgehead atoms. The lowest BCUT2D eigenvalue weighted by atomic mass is 10.1. The molecular formula is C53H92BrCl2N9O8S3. The summed E-state index contributed by atoms with van der Waals surface area (Å²) in [4.78, 5) is 73.3. The number of halogens is 3. The third-order valence-corrected chi connectivity index (χ3v) is 16.1. The average molecular weight is 1230 g/mol. The van der Waals surface area contributed by atoms with Gasteiger partial charge in [-0.05, 0) is 182 Å². The number of hydrogen-bond acceptors (Lipinski definition) is 16. The largest absolute Gasteiger partial charge is 0.444 e. The van der Waals surface area contributed by atoms with Gasteiger partial charge in [-0.3, -0.25) is 19.6 Å². The molecule has 3 atom stereocenters. The first-order valence-corrected chi connectivity index (χ1v) is 28.3. The number of nitrogens with one attached hydrogen (secondary N) is 2. The van der Waals surface area contributed by atoms with E-state index < -0.39 is 34.6 Å². The number of carbonyl (C=O) groups excluding carboxylic acids is 4. The Bertz CT molecular complexity index is 2350. The lowest BCUT2D eigenvalue weighted by Crippen LogP contribution is -2.37. The molecule has 8 rings (SSSR count). The van der Waals surface area contributed by atoms with Gasteiger partial charge in [-0.25, -0.2) is 34.1 Å². The Labute approximate surface area is 488 Å². The Morgan fingerprint density at radius 1 is 0.579 bits per heavy atom. The van der Waals surface area contributed by atoms with Crippen molar-refractivity contribution in [1.82, 2.24) is 30.1 Å². The number of anilines is 3. The standard InChI is InChI=1S/C21H33N3O4S.C18H28BrN3O4S.C11H17N3S.3CH4.2ClH/c1-20(2,3)27-18(25)23(7)17-22-15(16(29-17)13-10-11-13)14-9-8-12-24(14)19(26)28-21(4,5)6;1-17(2,3)25-15(23)21(7)14-20-12(13(19)27-14)11-9-8-10-22(11)16(24)26-18(4,5)6;1-12-11-14-9(8-3-2-6-13-8)10(15-11)7-4-5-7;;;;;/h13-14H,8-12H2,1-7H3;11H,8-10H2,1-7H3;7-8,13H,2-6H2,1H3,(H,12,14);3*1H4;2*1H/t14-;11-;8-;;;;;/m111...../s1. The summed E-state index contributed by atoms with van der Waals surface area (Å²) in [6, 6.07) is 0.252. The lowest BCUT2D eigenvalue weighted by Gasteiger charge is -2.28. The van der Waals surface area contributed by atoms with Crippen LogP contribution < -0.4 is 20.4 Å². The molecule has 17 nitrogen and oxygen atoms in total. The van der Waals surface area contributed by atoms with Crippen LogP contribution in [0.1, 0.15) is 226 Å². The molecule has 6 heterocycles. The third kappa shape index (κ3) is 19.9. The van der Waals surface area contributed by atoms with Crippen LogP contribution in [-0.2, 0) is 18.9 Å². The Kier molecular flexibility index (Phi) is 26.8. The van der Waals surface area contributed by atoms with Crippen molar-refractivity contribution >= 4 is 115 Å². The van der Waals surface area contributed by atoms with Crippen molar-refractivity contribution in [3.63, 3.8) is 0 Å². The Morgan fingerprint density at radius 2 is 0.987 bits per heavy atom. The van der Waals surface area contributed by atoms with Gasteiger partial charge in [0.15, 0.2) is 15.4 Å². The van der Waals surface area contributed by atoms with Crippen molar-refractivity contribution in [3.05, 3.63) is 30.6 Å². The summed E-state index contributed by atoms with van der Waals surface area (Å²) >= 11 is 8.28. The van der Waals surface area contributed by atoms with Gasteiger partial charge in [0.1, 0.15) is 22.4 Å². The predicted octanol–water partition coefficient (Wildman–Crippen LogP) is 16.1. The van der Waals surface area contributed by atoms with E-state index in [1.54, 1.807) is 40.1 Å². The van der Waals surface area contributed by atoms with Crippen LogP contribution in [0, 0.1) is 0 Å². The van der Waals surface area contributed by atoms with Gasteiger partial charge in [0, 0.05) is 44.0 Å². The van der Waals surface area contributed by atoms with Crippen LogP contribution in [0.5, 0.6) is 0 Å². The minimum Gasteiger partial charge on any atom is -0.444 e. The molecule has 0 spiro atoms. The van der Waals surface area contributed by atoms with Crippen LogP contribution in [0.25, 0.3) is 0 Å². The van der Waals surface area contributed by atoms with E-state index in [2.05, 4.69) is 31.5 Å². The van der Waals surface area contributed by atoms with Crippen molar-refractivity contribution < 1.29 is 38.1 Å². The van der Waals surface area contributed by atoms with Gasteiger partial charge >= 0.3 is 24.4 Å². The number of aromatic nitrogens is 3. The molecule has 3 aliphatic heterocycles. The fourth-order valence-electron chi connectivity index (χ4n) is 8.26. The topological polar surface area (TPSA) is 181 Å². The molecule has 76 heavy (non-hydrogen) atoms. The van der Waals surface area contributed by atoms with E-state index in [0.29, 0.717) is 35.3 Å². The van der Waals surface area contributed by atoms with Crippen LogP contribution in [-0.4, -0.2) is 112 Å². The highest BCUT2D eigenvalue weighted by molar-refractivity contribution is 9.11. The van der Waals surface area contributed by atoms with E-state index in [1.807, 2.05) is 101 Å². The first kappa shape index (κ1) is 70.8. The highest BCUT2D eigenvalue weighted by atomic mass is 79.9. The zero-order valence-electron chi connectivity index (χ0n) is 45.4. The zero-order chi connectivity index (χ0) is 52.4. The first-order chi connectivity index (χ1) is 33.0. The normalized spacial score (nSPS) is 19.0. The van der Waals surface area contributed by atoms with Crippen LogP contribution in [0.3, 0.4) is 0 Å². The van der Waals surface area contributed by atoms with Gasteiger partial charge in [-0.15, -0.1) is 47.5 Å². The maximum absolute atomic E-state index is 12.7. The fourth-order valence-corrected chi connectivity index (χ4v) is 12.2. The maximum Gasteiger partial charge on any atom is 0.416 e. The summed E-state index contributed by atoms with van der Waals surface area (Å²) in [5.74, 6) is 1.30. The molecule has 0 unspecified atom stereocenters. The number of hydrogen-bond donors (Lipinski definition) is 2. The second-order valence-electron chi connectivity index (χ2n) is 22.9. The number of amides is 4. The quantitative estimate of drug-likeness (QED) is 0.204. The molecule has 2 N–H and O–H groups in total. The SMILES string of the molecule is C.C.C.CN(C(=O)OC(C)(C)C)c1nc([C@H]2CCCN2C(=O)OC(C)(C)C)c(Br)s1.CN(C(=O)OC(C)(C)C)c1nc([C@H]2CCCN2C(=O)OC(C)(C)C)c(C2CC2)s1.CNc1nc([C@H]2CCCN2)c(C2CC2)s1.Cl.Cl. The van der Waals surface area contributed by atoms with Crippen molar-refractivity contribution in [2.24, 2.45) is 0 Å². The first-order valence-electron chi connectivity index (χ1n) is 25.0. The van der Waals surface area contributed by atoms with Crippen molar-refractivity contribution in [3.8, 4) is 0 Å². The van der Waals surface area contributed by atoms with Crippen molar-refractivity contribution in [2.75, 3.05) is 55.9 Å². The highest BCUT2D eigenvalue weighted by Crippen LogP contribution is 2.50. The zero-order valence-corrected chi connectivity index (χ0v) is 51.1. The molecule has 2 saturated carbocycles. The Hall–Kier alpha value is -3.21. The summed E-state index contributed by atoms with van der Waals surface area (Å²) in [6.07, 6.45) is 9.48. The van der Waals surface area contributed by atoms with Crippen molar-refractivity contribution in [1.29, 1.82) is 0 Å². The van der Waals surface area contributed by atoms with Crippen LogP contribution in [0.15, 0.2) is 3.79 Å². The second kappa shape index (κ2) is 28.8. The minimum absolute atomic E-state index is 0. The summed E-state index contributed by atoms with van der Waals surface area (Å²) < 4.78 is 22.8. The molecule has 3 aromatic heterocycles. The van der Waals surface area contributed by atoms with Gasteiger partial charge in [0.05, 0.1) is 39.0 Å². The molecule has 5 fully saturated rings. The van der Waals surface area contributed by atoms with E-state index in [9.17, 15) is 19.2 Å². The van der Waals surface area contributed by atoms with Crippen LogP contribution in [0.2, 0.25) is 0 Å². The second-order valence-corrected chi connectivity index (χ2v) is 27.2. The number of carbonyl (C=O) groups is 4. The lowest BCUT2D eigenvalue weighted by molar-refractivity contribution is 0.0211. The maximum atomic E-state index is 12.7. The van der Waals surface area contributed by atoms with Crippen LogP contribution >= 0.6 is 74.8 Å². The molecule has 23 heteroatoms. The molecule has 3 aromatic rings. The fraction of sp³-hybridized carbons (Fsp3) is 0.755. The summed E-state index contributed by atoms with van der Waals surface area (Å²) in [5, 5.41) is 8.94. The van der Waals surface area contributed by atoms with Gasteiger partial charge in [-0.1, -0.05) is 33.6 Å².